The molecule has 3 N–H and O–H groups in total. The molecule has 0 saturated carbocycles. The highest BCUT2D eigenvalue weighted by atomic mass is 31.2. The van der Waals surface area contributed by atoms with Crippen LogP contribution >= 0.6 is 7.60 Å². The van der Waals surface area contributed by atoms with Crippen LogP contribution in [0, 0.1) is 0 Å². The van der Waals surface area contributed by atoms with Crippen molar-refractivity contribution in [2.45, 2.75) is 19.3 Å². The van der Waals surface area contributed by atoms with E-state index in [0.717, 1.165) is 12.8 Å². The summed E-state index contributed by atoms with van der Waals surface area (Å²) in [5.74, 6) is -0.315. The van der Waals surface area contributed by atoms with Crippen LogP contribution in [0.5, 0.6) is 0 Å². The van der Waals surface area contributed by atoms with Gasteiger partial charge >= 0.3 is 13.6 Å². The Morgan fingerprint density at radius 3 is 2.53 bits per heavy atom. The van der Waals surface area contributed by atoms with Crippen molar-refractivity contribution in [2.75, 3.05) is 26.4 Å². The molecule has 0 bridgehead atoms. The molecule has 0 aromatic heterocycles. The monoisotopic (exact) mass is 239 g/mol. The van der Waals surface area contributed by atoms with Gasteiger partial charge in [0.15, 0.2) is 0 Å². The summed E-state index contributed by atoms with van der Waals surface area (Å²) >= 11 is 0. The number of carbonyl (C=O) groups is 1. The van der Waals surface area contributed by atoms with Gasteiger partial charge in [-0.05, 0) is 19.4 Å². The minimum absolute atomic E-state index is 0.0655. The quantitative estimate of drug-likeness (QED) is 0.316. The summed E-state index contributed by atoms with van der Waals surface area (Å²) in [6, 6.07) is 0. The summed E-state index contributed by atoms with van der Waals surface area (Å²) in [5.41, 5.74) is 0. The second kappa shape index (κ2) is 7.82. The van der Waals surface area contributed by atoms with Gasteiger partial charge in [0.05, 0.1) is 13.7 Å². The maximum atomic E-state index is 10.6. The van der Waals surface area contributed by atoms with E-state index in [9.17, 15) is 9.36 Å². The highest BCUT2D eigenvalue weighted by molar-refractivity contribution is 7.51. The average Bonchev–Trinajstić information content (AvgIpc) is 2.14. The van der Waals surface area contributed by atoms with Gasteiger partial charge in [0.25, 0.3) is 0 Å². The van der Waals surface area contributed by atoms with E-state index < -0.39 is 7.60 Å². The van der Waals surface area contributed by atoms with E-state index in [2.05, 4.69) is 10.1 Å². The predicted molar refractivity (Wildman–Crippen MR) is 55.6 cm³/mol. The van der Waals surface area contributed by atoms with Crippen molar-refractivity contribution in [1.82, 2.24) is 5.32 Å². The van der Waals surface area contributed by atoms with Gasteiger partial charge in [-0.15, -0.1) is 0 Å². The first-order valence-electron chi connectivity index (χ1n) is 4.78. The van der Waals surface area contributed by atoms with Gasteiger partial charge in [-0.1, -0.05) is 6.42 Å². The lowest BCUT2D eigenvalue weighted by molar-refractivity contribution is -0.139. The molecule has 0 unspecified atom stereocenters. The second-order valence-electron chi connectivity index (χ2n) is 3.20. The lowest BCUT2D eigenvalue weighted by Crippen LogP contribution is -2.24. The molecule has 0 atom stereocenters. The van der Waals surface area contributed by atoms with Crippen LogP contribution in [0.3, 0.4) is 0 Å². The van der Waals surface area contributed by atoms with Gasteiger partial charge in [0.2, 0.25) is 0 Å². The lowest BCUT2D eigenvalue weighted by Gasteiger charge is -2.04. The molecule has 0 aromatic rings. The zero-order valence-electron chi connectivity index (χ0n) is 8.81. The van der Waals surface area contributed by atoms with Crippen molar-refractivity contribution >= 4 is 13.6 Å². The van der Waals surface area contributed by atoms with Gasteiger partial charge in [-0.25, -0.2) is 0 Å². The van der Waals surface area contributed by atoms with Gasteiger partial charge in [0.1, 0.15) is 0 Å². The molecule has 0 saturated heterocycles. The molecule has 0 aliphatic rings. The highest BCUT2D eigenvalue weighted by Crippen LogP contribution is 2.35. The van der Waals surface area contributed by atoms with Crippen LogP contribution in [0.4, 0.5) is 0 Å². The number of rotatable bonds is 8. The fourth-order valence-corrected chi connectivity index (χ4v) is 1.64. The minimum atomic E-state index is -3.84. The largest absolute Gasteiger partial charge is 0.468 e. The third-order valence-corrected chi connectivity index (χ3v) is 2.70. The maximum absolute atomic E-state index is 10.6. The first-order valence-corrected chi connectivity index (χ1v) is 6.57. The van der Waals surface area contributed by atoms with E-state index in [4.69, 9.17) is 9.79 Å². The molecule has 0 aromatic carbocycles. The van der Waals surface area contributed by atoms with Crippen molar-refractivity contribution in [1.29, 1.82) is 0 Å². The Labute approximate surface area is 89.2 Å². The first kappa shape index (κ1) is 14.6. The number of hydrogen-bond donors (Lipinski definition) is 3. The third-order valence-electron chi connectivity index (χ3n) is 1.80. The van der Waals surface area contributed by atoms with Crippen LogP contribution in [-0.4, -0.2) is 42.1 Å². The minimum Gasteiger partial charge on any atom is -0.468 e. The number of carbonyl (C=O) groups excluding carboxylic acids is 1. The number of esters is 1. The summed E-state index contributed by atoms with van der Waals surface area (Å²) < 4.78 is 14.9. The molecule has 90 valence electrons. The van der Waals surface area contributed by atoms with E-state index in [1.165, 1.54) is 7.11 Å². The number of unbranched alkanes of at least 4 members (excludes halogenated alkanes) is 2. The fourth-order valence-electron chi connectivity index (χ4n) is 1.01. The molecule has 0 rings (SSSR count). The van der Waals surface area contributed by atoms with Crippen molar-refractivity contribution in [3.05, 3.63) is 0 Å². The summed E-state index contributed by atoms with van der Waals surface area (Å²) in [6.07, 6.45) is 1.96. The summed E-state index contributed by atoms with van der Waals surface area (Å²) in [5, 5.41) is 2.87. The Balaban J connectivity index is 3.19. The highest BCUT2D eigenvalue weighted by Gasteiger charge is 2.10. The van der Waals surface area contributed by atoms with Gasteiger partial charge in [-0.3, -0.25) is 9.36 Å². The van der Waals surface area contributed by atoms with Gasteiger partial charge < -0.3 is 19.8 Å². The molecular formula is C8H18NO5P. The molecule has 0 amide bonds. The molecular weight excluding hydrogens is 221 g/mol. The van der Waals surface area contributed by atoms with Crippen molar-refractivity contribution in [2.24, 2.45) is 0 Å². The Morgan fingerprint density at radius 1 is 1.33 bits per heavy atom. The molecule has 0 radical (unpaired) electrons. The molecule has 0 heterocycles. The Morgan fingerprint density at radius 2 is 2.00 bits per heavy atom. The third kappa shape index (κ3) is 11.5. The lowest BCUT2D eigenvalue weighted by atomic mass is 10.2. The van der Waals surface area contributed by atoms with E-state index in [1.54, 1.807) is 0 Å². The van der Waals surface area contributed by atoms with Crippen molar-refractivity contribution < 1.29 is 23.9 Å². The normalized spacial score (nSPS) is 11.4. The van der Waals surface area contributed by atoms with Crippen molar-refractivity contribution in [3.63, 3.8) is 0 Å². The van der Waals surface area contributed by atoms with Crippen LogP contribution in [0.25, 0.3) is 0 Å². The van der Waals surface area contributed by atoms with Crippen LogP contribution < -0.4 is 5.32 Å². The molecule has 0 aliphatic heterocycles. The molecule has 0 aliphatic carbocycles. The molecule has 15 heavy (non-hydrogen) atoms. The fraction of sp³-hybridized carbons (Fsp3) is 0.875. The van der Waals surface area contributed by atoms with Gasteiger partial charge in [-0.2, -0.15) is 0 Å². The SMILES string of the molecule is COC(=O)CNCCCCCP(=O)(O)O. The molecule has 0 fully saturated rings. The average molecular weight is 239 g/mol. The topological polar surface area (TPSA) is 95.9 Å². The number of methoxy groups -OCH3 is 1. The Kier molecular flexibility index (Phi) is 7.60. The predicted octanol–water partition coefficient (Wildman–Crippen LogP) is 0.0970. The zero-order valence-corrected chi connectivity index (χ0v) is 9.70. The van der Waals surface area contributed by atoms with Crippen molar-refractivity contribution in [3.8, 4) is 0 Å². The van der Waals surface area contributed by atoms with Crippen LogP contribution in [0.2, 0.25) is 0 Å². The molecule has 0 spiro atoms. The standard InChI is InChI=1S/C8H18NO5P/c1-14-8(10)7-9-5-3-2-4-6-15(11,12)13/h9H,2-7H2,1H3,(H2,11,12,13). The van der Waals surface area contributed by atoms with E-state index in [-0.39, 0.29) is 18.7 Å². The Bertz CT molecular complexity index is 227. The number of nitrogens with one attached hydrogen (secondary N) is 1. The number of hydrogen-bond acceptors (Lipinski definition) is 4. The zero-order chi connectivity index (χ0) is 11.7. The summed E-state index contributed by atoms with van der Waals surface area (Å²) in [4.78, 5) is 27.8. The molecule has 7 heteroatoms. The molecule has 6 nitrogen and oxygen atoms in total. The van der Waals surface area contributed by atoms with Crippen LogP contribution in [-0.2, 0) is 14.1 Å². The Hall–Kier alpha value is -0.420. The van der Waals surface area contributed by atoms with Crippen LogP contribution in [0.15, 0.2) is 0 Å². The number of ether oxygens (including phenoxy) is 1. The van der Waals surface area contributed by atoms with E-state index in [1.807, 2.05) is 0 Å². The smallest absolute Gasteiger partial charge is 0.325 e. The van der Waals surface area contributed by atoms with E-state index >= 15 is 0 Å². The van der Waals surface area contributed by atoms with E-state index in [0.29, 0.717) is 13.0 Å². The second-order valence-corrected chi connectivity index (χ2v) is 4.98. The van der Waals surface area contributed by atoms with Gasteiger partial charge in [0, 0.05) is 6.16 Å². The summed E-state index contributed by atoms with van der Waals surface area (Å²) in [6.45, 7) is 0.825. The first-order chi connectivity index (χ1) is 6.95. The summed E-state index contributed by atoms with van der Waals surface area (Å²) in [7, 11) is -2.51. The van der Waals surface area contributed by atoms with Crippen LogP contribution in [0.1, 0.15) is 19.3 Å². The maximum Gasteiger partial charge on any atom is 0.325 e.